The van der Waals surface area contributed by atoms with Crippen molar-refractivity contribution in [2.24, 2.45) is 0 Å². The fourth-order valence-corrected chi connectivity index (χ4v) is 3.08. The van der Waals surface area contributed by atoms with Crippen molar-refractivity contribution < 1.29 is 4.21 Å². The van der Waals surface area contributed by atoms with E-state index in [-0.39, 0.29) is 6.04 Å². The number of rotatable bonds is 5. The monoisotopic (exact) mass is 252 g/mol. The van der Waals surface area contributed by atoms with Gasteiger partial charge in [0.25, 0.3) is 0 Å². The third-order valence-electron chi connectivity index (χ3n) is 3.06. The van der Waals surface area contributed by atoms with Gasteiger partial charge >= 0.3 is 0 Å². The van der Waals surface area contributed by atoms with Crippen LogP contribution < -0.4 is 10.6 Å². The van der Waals surface area contributed by atoms with Crippen LogP contribution in [0, 0.1) is 0 Å². The maximum absolute atomic E-state index is 11.1. The van der Waals surface area contributed by atoms with Gasteiger partial charge in [0.05, 0.1) is 0 Å². The SMILES string of the molecule is CC(CS(C)=O)NCc1cccc2c1NCC2. The van der Waals surface area contributed by atoms with E-state index >= 15 is 0 Å². The van der Waals surface area contributed by atoms with Crippen LogP contribution in [0.15, 0.2) is 18.2 Å². The summed E-state index contributed by atoms with van der Waals surface area (Å²) < 4.78 is 11.1. The summed E-state index contributed by atoms with van der Waals surface area (Å²) in [4.78, 5) is 0. The first-order valence-corrected chi connectivity index (χ1v) is 7.77. The molecule has 1 aliphatic rings. The minimum absolute atomic E-state index is 0.290. The van der Waals surface area contributed by atoms with Crippen molar-refractivity contribution in [2.45, 2.75) is 25.9 Å². The van der Waals surface area contributed by atoms with Crippen LogP contribution in [0.1, 0.15) is 18.1 Å². The van der Waals surface area contributed by atoms with Gasteiger partial charge in [-0.05, 0) is 24.5 Å². The van der Waals surface area contributed by atoms with Gasteiger partial charge < -0.3 is 10.6 Å². The van der Waals surface area contributed by atoms with E-state index in [1.807, 2.05) is 0 Å². The Bertz CT molecular complexity index is 420. The van der Waals surface area contributed by atoms with Gasteiger partial charge in [-0.15, -0.1) is 0 Å². The number of anilines is 1. The quantitative estimate of drug-likeness (QED) is 0.834. The summed E-state index contributed by atoms with van der Waals surface area (Å²) in [5, 5.41) is 6.86. The molecule has 3 nitrogen and oxygen atoms in total. The van der Waals surface area contributed by atoms with E-state index in [4.69, 9.17) is 0 Å². The van der Waals surface area contributed by atoms with Crippen molar-refractivity contribution >= 4 is 16.5 Å². The molecule has 2 unspecified atom stereocenters. The average Bonchev–Trinajstić information content (AvgIpc) is 2.73. The Morgan fingerprint density at radius 3 is 3.12 bits per heavy atom. The number of hydrogen-bond acceptors (Lipinski definition) is 3. The molecule has 1 aliphatic heterocycles. The van der Waals surface area contributed by atoms with Crippen molar-refractivity contribution in [3.8, 4) is 0 Å². The molecule has 2 atom stereocenters. The Hall–Kier alpha value is -0.870. The Morgan fingerprint density at radius 1 is 1.53 bits per heavy atom. The smallest absolute Gasteiger partial charge is 0.0419 e. The van der Waals surface area contributed by atoms with E-state index < -0.39 is 10.8 Å². The molecule has 2 N–H and O–H groups in total. The molecule has 0 aliphatic carbocycles. The molecule has 0 spiro atoms. The van der Waals surface area contributed by atoms with Gasteiger partial charge in [-0.2, -0.15) is 0 Å². The van der Waals surface area contributed by atoms with Crippen LogP contribution in [-0.4, -0.2) is 28.8 Å². The zero-order valence-electron chi connectivity index (χ0n) is 10.5. The first-order valence-electron chi connectivity index (χ1n) is 6.05. The summed E-state index contributed by atoms with van der Waals surface area (Å²) in [6.45, 7) is 3.97. The third-order valence-corrected chi connectivity index (χ3v) is 4.03. The summed E-state index contributed by atoms with van der Waals surface area (Å²) in [6, 6.07) is 6.74. The molecule has 0 saturated heterocycles. The molecule has 1 heterocycles. The fraction of sp³-hybridized carbons (Fsp3) is 0.538. The van der Waals surface area contributed by atoms with Gasteiger partial charge in [0.1, 0.15) is 0 Å². The first kappa shape index (κ1) is 12.6. The second-order valence-corrected chi connectivity index (χ2v) is 6.13. The molecule has 94 valence electrons. The van der Waals surface area contributed by atoms with Crippen LogP contribution in [-0.2, 0) is 23.8 Å². The van der Waals surface area contributed by atoms with E-state index in [1.54, 1.807) is 6.26 Å². The molecular formula is C13H20N2OS. The topological polar surface area (TPSA) is 41.1 Å². The predicted molar refractivity (Wildman–Crippen MR) is 73.9 cm³/mol. The second-order valence-electron chi connectivity index (χ2n) is 4.65. The second kappa shape index (κ2) is 5.65. The molecule has 1 aromatic rings. The maximum atomic E-state index is 11.1. The molecule has 1 aromatic carbocycles. The summed E-state index contributed by atoms with van der Waals surface area (Å²) in [7, 11) is -0.731. The Balaban J connectivity index is 1.95. The first-order chi connectivity index (χ1) is 8.16. The van der Waals surface area contributed by atoms with Gasteiger partial charge in [0, 0.05) is 47.6 Å². The van der Waals surface area contributed by atoms with Crippen molar-refractivity contribution in [1.82, 2.24) is 5.32 Å². The van der Waals surface area contributed by atoms with Gasteiger partial charge in [-0.3, -0.25) is 4.21 Å². The van der Waals surface area contributed by atoms with Crippen LogP contribution in [0.25, 0.3) is 0 Å². The summed E-state index contributed by atoms with van der Waals surface area (Å²) in [5.74, 6) is 0.711. The van der Waals surface area contributed by atoms with Crippen LogP contribution in [0.2, 0.25) is 0 Å². The molecular weight excluding hydrogens is 232 g/mol. The van der Waals surface area contributed by atoms with E-state index in [9.17, 15) is 4.21 Å². The molecule has 0 aromatic heterocycles. The molecule has 0 saturated carbocycles. The van der Waals surface area contributed by atoms with Crippen molar-refractivity contribution in [2.75, 3.05) is 23.9 Å². The molecule has 2 rings (SSSR count). The lowest BCUT2D eigenvalue weighted by Gasteiger charge is -2.14. The number of hydrogen-bond donors (Lipinski definition) is 2. The normalized spacial score (nSPS) is 17.3. The van der Waals surface area contributed by atoms with E-state index in [2.05, 4.69) is 35.8 Å². The van der Waals surface area contributed by atoms with Gasteiger partial charge in [0.15, 0.2) is 0 Å². The van der Waals surface area contributed by atoms with E-state index in [0.29, 0.717) is 5.75 Å². The number of nitrogens with one attached hydrogen (secondary N) is 2. The van der Waals surface area contributed by atoms with Gasteiger partial charge in [-0.25, -0.2) is 0 Å². The zero-order chi connectivity index (χ0) is 12.3. The van der Waals surface area contributed by atoms with Crippen molar-refractivity contribution in [1.29, 1.82) is 0 Å². The zero-order valence-corrected chi connectivity index (χ0v) is 11.3. The molecule has 0 amide bonds. The van der Waals surface area contributed by atoms with E-state index in [0.717, 1.165) is 19.5 Å². The largest absolute Gasteiger partial charge is 0.384 e. The van der Waals surface area contributed by atoms with Crippen molar-refractivity contribution in [3.05, 3.63) is 29.3 Å². The highest BCUT2D eigenvalue weighted by Crippen LogP contribution is 2.26. The highest BCUT2D eigenvalue weighted by Gasteiger charge is 2.13. The van der Waals surface area contributed by atoms with Crippen LogP contribution >= 0.6 is 0 Å². The molecule has 17 heavy (non-hydrogen) atoms. The van der Waals surface area contributed by atoms with Crippen LogP contribution in [0.4, 0.5) is 5.69 Å². The number of benzene rings is 1. The Labute approximate surface area is 105 Å². The van der Waals surface area contributed by atoms with E-state index in [1.165, 1.54) is 16.8 Å². The van der Waals surface area contributed by atoms with Crippen LogP contribution in [0.3, 0.4) is 0 Å². The highest BCUT2D eigenvalue weighted by atomic mass is 32.2. The number of fused-ring (bicyclic) bond motifs is 1. The Kier molecular flexibility index (Phi) is 4.18. The maximum Gasteiger partial charge on any atom is 0.0419 e. The molecule has 0 radical (unpaired) electrons. The average molecular weight is 252 g/mol. The molecule has 0 fully saturated rings. The van der Waals surface area contributed by atoms with Gasteiger partial charge in [0.2, 0.25) is 0 Å². The summed E-state index contributed by atoms with van der Waals surface area (Å²) in [6.07, 6.45) is 2.87. The van der Waals surface area contributed by atoms with Crippen LogP contribution in [0.5, 0.6) is 0 Å². The molecule has 4 heteroatoms. The van der Waals surface area contributed by atoms with Gasteiger partial charge in [-0.1, -0.05) is 18.2 Å². The lowest BCUT2D eigenvalue weighted by Crippen LogP contribution is -2.30. The highest BCUT2D eigenvalue weighted by molar-refractivity contribution is 7.84. The Morgan fingerprint density at radius 2 is 2.35 bits per heavy atom. The fourth-order valence-electron chi connectivity index (χ4n) is 2.25. The third kappa shape index (κ3) is 3.30. The lowest BCUT2D eigenvalue weighted by atomic mass is 10.1. The molecule has 0 bridgehead atoms. The standard InChI is InChI=1S/C13H20N2OS/c1-10(9-17(2)16)15-8-12-5-3-4-11-6-7-14-13(11)12/h3-5,10,14-15H,6-9H2,1-2H3. The lowest BCUT2D eigenvalue weighted by molar-refractivity contribution is 0.588. The summed E-state index contributed by atoms with van der Waals surface area (Å²) >= 11 is 0. The van der Waals surface area contributed by atoms with Crippen molar-refractivity contribution in [3.63, 3.8) is 0 Å². The minimum Gasteiger partial charge on any atom is -0.384 e. The number of para-hydroxylation sites is 1. The minimum atomic E-state index is -0.731. The summed E-state index contributed by atoms with van der Waals surface area (Å²) in [5.41, 5.74) is 4.02. The predicted octanol–water partition coefficient (Wildman–Crippen LogP) is 1.51.